The molecule has 0 spiro atoms. The van der Waals surface area contributed by atoms with Gasteiger partial charge in [-0.25, -0.2) is 18.2 Å². The molecule has 0 saturated carbocycles. The Morgan fingerprint density at radius 3 is 2.47 bits per heavy atom. The van der Waals surface area contributed by atoms with Crippen molar-refractivity contribution in [3.05, 3.63) is 77.5 Å². The van der Waals surface area contributed by atoms with E-state index in [9.17, 15) is 23.1 Å². The normalized spacial score (nSPS) is 22.3. The predicted octanol–water partition coefficient (Wildman–Crippen LogP) is 4.38. The monoisotopic (exact) mass is 500 g/mol. The van der Waals surface area contributed by atoms with Crippen molar-refractivity contribution in [2.75, 3.05) is 5.32 Å². The Kier molecular flexibility index (Phi) is 7.12. The number of halogens is 3. The summed E-state index contributed by atoms with van der Waals surface area (Å²) >= 11 is 0. The van der Waals surface area contributed by atoms with Crippen LogP contribution in [0.1, 0.15) is 49.3 Å². The van der Waals surface area contributed by atoms with Gasteiger partial charge in [-0.1, -0.05) is 26.8 Å². The number of carbonyl (C=O) groups excluding carboxylic acids is 1. The number of amides is 1. The van der Waals surface area contributed by atoms with Crippen molar-refractivity contribution < 1.29 is 27.8 Å². The smallest absolute Gasteiger partial charge is 0.274 e. The molecule has 0 unspecified atom stereocenters. The van der Waals surface area contributed by atoms with Crippen LogP contribution in [0, 0.1) is 22.9 Å². The Labute approximate surface area is 206 Å². The van der Waals surface area contributed by atoms with E-state index in [1.165, 1.54) is 12.4 Å². The van der Waals surface area contributed by atoms with Crippen molar-refractivity contribution >= 4 is 11.6 Å². The average molecular weight is 501 g/mol. The van der Waals surface area contributed by atoms with Crippen molar-refractivity contribution in [1.82, 2.24) is 9.97 Å². The Morgan fingerprint density at radius 1 is 1.11 bits per heavy atom. The van der Waals surface area contributed by atoms with Gasteiger partial charge in [0.05, 0.1) is 35.8 Å². The molecule has 1 saturated heterocycles. The molecule has 1 fully saturated rings. The van der Waals surface area contributed by atoms with Gasteiger partial charge in [0.1, 0.15) is 28.8 Å². The molecular weight excluding hydrogens is 473 g/mol. The topological polar surface area (TPSA) is 110 Å². The van der Waals surface area contributed by atoms with E-state index in [1.807, 2.05) is 20.8 Å². The molecule has 1 aliphatic rings. The molecule has 4 atom stereocenters. The van der Waals surface area contributed by atoms with Gasteiger partial charge < -0.3 is 20.9 Å². The highest BCUT2D eigenvalue weighted by Gasteiger charge is 2.43. The van der Waals surface area contributed by atoms with E-state index in [4.69, 9.17) is 10.5 Å². The van der Waals surface area contributed by atoms with Crippen LogP contribution < -0.4 is 11.1 Å². The highest BCUT2D eigenvalue weighted by Crippen LogP contribution is 2.40. The van der Waals surface area contributed by atoms with Crippen LogP contribution in [0.25, 0.3) is 11.3 Å². The number of nitrogens with two attached hydrogens (primary N) is 1. The van der Waals surface area contributed by atoms with Gasteiger partial charge in [-0.15, -0.1) is 0 Å². The number of aliphatic hydroxyl groups excluding tert-OH is 1. The van der Waals surface area contributed by atoms with Crippen molar-refractivity contribution in [2.24, 2.45) is 11.1 Å². The van der Waals surface area contributed by atoms with Crippen molar-refractivity contribution in [2.45, 2.75) is 51.5 Å². The number of nitrogens with zero attached hydrogens (tertiary/aromatic N) is 2. The predicted molar refractivity (Wildman–Crippen MR) is 127 cm³/mol. The zero-order valence-corrected chi connectivity index (χ0v) is 20.0. The molecule has 4 rings (SSSR count). The zero-order valence-electron chi connectivity index (χ0n) is 20.0. The SMILES string of the molecule is CC(C)(C)[C@@H]1O[C@H](c2ccncc2NC(=O)c2ccc(F)c(-c3c(F)cccc3F)n2)C[C@H](N)[C@H]1O. The fraction of sp³-hybridized carbons (Fsp3) is 0.346. The molecule has 0 radical (unpaired) electrons. The van der Waals surface area contributed by atoms with Crippen molar-refractivity contribution in [1.29, 1.82) is 0 Å². The van der Waals surface area contributed by atoms with Crippen LogP contribution in [0.5, 0.6) is 0 Å². The fourth-order valence-electron chi connectivity index (χ4n) is 4.29. The van der Waals surface area contributed by atoms with E-state index >= 15 is 0 Å². The maximum absolute atomic E-state index is 14.4. The molecule has 0 bridgehead atoms. The standard InChI is InChI=1S/C26H27F3N4O3/c1-26(2,3)24-23(34)17(30)11-20(36-24)13-9-10-31-12-19(13)33-25(35)18-8-7-16(29)22(32-18)21-14(27)5-4-6-15(21)28/h4-10,12,17,20,23-24,34H,11,30H2,1-3H3,(H,33,35)/t17-,20-,23+,24+/m0/s1. The number of benzene rings is 1. The lowest BCUT2D eigenvalue weighted by atomic mass is 9.79. The van der Waals surface area contributed by atoms with Crippen LogP contribution in [0.3, 0.4) is 0 Å². The lowest BCUT2D eigenvalue weighted by molar-refractivity contribution is -0.167. The average Bonchev–Trinajstić information content (AvgIpc) is 2.81. The molecule has 3 heterocycles. The van der Waals surface area contributed by atoms with Crippen molar-refractivity contribution in [3.63, 3.8) is 0 Å². The van der Waals surface area contributed by atoms with Gasteiger partial charge >= 0.3 is 0 Å². The van der Waals surface area contributed by atoms with E-state index in [-0.39, 0.29) is 5.69 Å². The van der Waals surface area contributed by atoms with E-state index in [2.05, 4.69) is 15.3 Å². The second kappa shape index (κ2) is 9.96. The number of carbonyl (C=O) groups is 1. The Hall–Kier alpha value is -3.34. The first-order valence-corrected chi connectivity index (χ1v) is 11.4. The van der Waals surface area contributed by atoms with Gasteiger partial charge in [0.2, 0.25) is 0 Å². The molecule has 0 aliphatic carbocycles. The third-order valence-electron chi connectivity index (χ3n) is 6.13. The Balaban J connectivity index is 1.64. The number of rotatable bonds is 4. The van der Waals surface area contributed by atoms with Gasteiger partial charge in [0, 0.05) is 17.8 Å². The van der Waals surface area contributed by atoms with Gasteiger partial charge in [-0.3, -0.25) is 9.78 Å². The molecule has 2 aromatic heterocycles. The summed E-state index contributed by atoms with van der Waals surface area (Å²) in [5.41, 5.74) is 5.15. The number of aromatic nitrogens is 2. The van der Waals surface area contributed by atoms with Crippen LogP contribution in [0.15, 0.2) is 48.8 Å². The summed E-state index contributed by atoms with van der Waals surface area (Å²) in [6.45, 7) is 5.80. The summed E-state index contributed by atoms with van der Waals surface area (Å²) in [5, 5.41) is 13.2. The largest absolute Gasteiger partial charge is 0.389 e. The number of hydrogen-bond acceptors (Lipinski definition) is 6. The minimum Gasteiger partial charge on any atom is -0.389 e. The summed E-state index contributed by atoms with van der Waals surface area (Å²) in [6, 6.07) is 6.25. The molecule has 1 aromatic carbocycles. The maximum atomic E-state index is 14.4. The highest BCUT2D eigenvalue weighted by atomic mass is 19.1. The Morgan fingerprint density at radius 2 is 1.81 bits per heavy atom. The summed E-state index contributed by atoms with van der Waals surface area (Å²) in [5.74, 6) is -3.73. The molecular formula is C26H27F3N4O3. The second-order valence-corrected chi connectivity index (χ2v) is 9.84. The fourth-order valence-corrected chi connectivity index (χ4v) is 4.29. The van der Waals surface area contributed by atoms with Gasteiger partial charge in [0.15, 0.2) is 0 Å². The maximum Gasteiger partial charge on any atom is 0.274 e. The lowest BCUT2D eigenvalue weighted by Gasteiger charge is -2.44. The molecule has 4 N–H and O–H groups in total. The highest BCUT2D eigenvalue weighted by molar-refractivity contribution is 6.03. The summed E-state index contributed by atoms with van der Waals surface area (Å²) in [6.07, 6.45) is 1.29. The van der Waals surface area contributed by atoms with Gasteiger partial charge in [-0.05, 0) is 42.2 Å². The third-order valence-corrected chi connectivity index (χ3v) is 6.13. The first-order chi connectivity index (χ1) is 17.0. The lowest BCUT2D eigenvalue weighted by Crippen LogP contribution is -2.54. The molecule has 1 amide bonds. The quantitative estimate of drug-likeness (QED) is 0.491. The van der Waals surface area contributed by atoms with Crippen LogP contribution in [0.4, 0.5) is 18.9 Å². The first kappa shape index (κ1) is 25.7. The van der Waals surface area contributed by atoms with Gasteiger partial charge in [0.25, 0.3) is 5.91 Å². The van der Waals surface area contributed by atoms with Crippen molar-refractivity contribution in [3.8, 4) is 11.3 Å². The number of pyridine rings is 2. The molecule has 1 aliphatic heterocycles. The van der Waals surface area contributed by atoms with Crippen LogP contribution in [-0.2, 0) is 4.74 Å². The molecule has 190 valence electrons. The summed E-state index contributed by atoms with van der Waals surface area (Å²) in [7, 11) is 0. The minimum atomic E-state index is -1.00. The first-order valence-electron chi connectivity index (χ1n) is 11.4. The van der Waals surface area contributed by atoms with Crippen LogP contribution >= 0.6 is 0 Å². The molecule has 7 nitrogen and oxygen atoms in total. The number of anilines is 1. The van der Waals surface area contributed by atoms with Gasteiger partial charge in [-0.2, -0.15) is 0 Å². The minimum absolute atomic E-state index is 0.256. The number of ether oxygens (including phenoxy) is 1. The van der Waals surface area contributed by atoms with E-state index < -0.39 is 64.4 Å². The third kappa shape index (κ3) is 5.11. The van der Waals surface area contributed by atoms with E-state index in [0.717, 1.165) is 30.3 Å². The summed E-state index contributed by atoms with van der Waals surface area (Å²) in [4.78, 5) is 21.0. The number of aliphatic hydroxyl groups is 1. The summed E-state index contributed by atoms with van der Waals surface area (Å²) < 4.78 is 49.1. The number of hydrogen-bond donors (Lipinski definition) is 3. The van der Waals surface area contributed by atoms with Crippen LogP contribution in [-0.4, -0.2) is 39.2 Å². The molecule has 36 heavy (non-hydrogen) atoms. The number of nitrogens with one attached hydrogen (secondary N) is 1. The van der Waals surface area contributed by atoms with E-state index in [0.29, 0.717) is 17.7 Å². The zero-order chi connectivity index (χ0) is 26.2. The van der Waals surface area contributed by atoms with Crippen LogP contribution in [0.2, 0.25) is 0 Å². The Bertz CT molecular complexity index is 1260. The molecule has 10 heteroatoms. The second-order valence-electron chi connectivity index (χ2n) is 9.84. The van der Waals surface area contributed by atoms with E-state index in [1.54, 1.807) is 6.07 Å². The molecule has 3 aromatic rings.